The molecule has 0 N–H and O–H groups in total. The molecule has 0 spiro atoms. The van der Waals surface area contributed by atoms with Gasteiger partial charge in [0.05, 0.1) is 33.0 Å². The maximum atomic E-state index is 12.2. The van der Waals surface area contributed by atoms with Gasteiger partial charge in [-0.2, -0.15) is 5.26 Å². The number of nitrogens with zero attached hydrogens (tertiary/aromatic N) is 1. The topological polar surface area (TPSA) is 77.8 Å². The first kappa shape index (κ1) is 23.2. The van der Waals surface area contributed by atoms with Crippen LogP contribution in [0, 0.1) is 11.3 Å². The van der Waals surface area contributed by atoms with Crippen molar-refractivity contribution in [3.63, 3.8) is 0 Å². The van der Waals surface area contributed by atoms with E-state index >= 15 is 0 Å². The summed E-state index contributed by atoms with van der Waals surface area (Å²) in [5, 5.41) is 9.67. The van der Waals surface area contributed by atoms with Crippen molar-refractivity contribution in [3.8, 4) is 29.1 Å². The lowest BCUT2D eigenvalue weighted by Gasteiger charge is -2.09. The normalized spacial score (nSPS) is 11.0. The maximum Gasteiger partial charge on any atom is 0.336 e. The molecule has 0 bridgehead atoms. The Kier molecular flexibility index (Phi) is 7.87. The molecule has 0 fully saturated rings. The SMILES string of the molecule is COc1cccc(/C=C/C(=O)Oc2cccc(/C=C(/C#N)c3ccc(OC)c(OC)c3)c2)c1. The molecule has 3 rings (SSSR count). The van der Waals surface area contributed by atoms with Crippen LogP contribution in [0.1, 0.15) is 16.7 Å². The molecule has 0 saturated carbocycles. The highest BCUT2D eigenvalue weighted by Crippen LogP contribution is 2.31. The molecule has 0 amide bonds. The minimum atomic E-state index is -0.514. The smallest absolute Gasteiger partial charge is 0.336 e. The Balaban J connectivity index is 1.77. The van der Waals surface area contributed by atoms with Crippen molar-refractivity contribution in [2.24, 2.45) is 0 Å². The summed E-state index contributed by atoms with van der Waals surface area (Å²) in [5.41, 5.74) is 2.64. The summed E-state index contributed by atoms with van der Waals surface area (Å²) in [5.74, 6) is 1.66. The summed E-state index contributed by atoms with van der Waals surface area (Å²) in [6.45, 7) is 0. The molecule has 0 heterocycles. The fourth-order valence-electron chi connectivity index (χ4n) is 3.08. The van der Waals surface area contributed by atoms with Crippen molar-refractivity contribution in [3.05, 3.63) is 89.5 Å². The van der Waals surface area contributed by atoms with E-state index in [0.717, 1.165) is 5.56 Å². The first-order valence-electron chi connectivity index (χ1n) is 10.0. The van der Waals surface area contributed by atoms with Crippen LogP contribution in [0.4, 0.5) is 0 Å². The minimum absolute atomic E-state index is 0.369. The molecule has 0 aromatic heterocycles. The van der Waals surface area contributed by atoms with Gasteiger partial charge in [-0.1, -0.05) is 24.3 Å². The molecule has 166 valence electrons. The predicted molar refractivity (Wildman–Crippen MR) is 127 cm³/mol. The molecule has 0 aliphatic heterocycles. The Morgan fingerprint density at radius 1 is 0.818 bits per heavy atom. The third kappa shape index (κ3) is 6.25. The van der Waals surface area contributed by atoms with E-state index in [1.807, 2.05) is 30.3 Å². The first-order chi connectivity index (χ1) is 16.1. The number of allylic oxidation sites excluding steroid dienone is 1. The standard InChI is InChI=1S/C27H23NO5/c1-30-23-8-4-6-19(15-23)10-13-27(29)33-24-9-5-7-20(16-24)14-22(18-28)21-11-12-25(31-2)26(17-21)32-3/h4-17H,1-3H3/b13-10+,22-14-. The minimum Gasteiger partial charge on any atom is -0.497 e. The van der Waals surface area contributed by atoms with E-state index in [1.54, 1.807) is 62.8 Å². The maximum absolute atomic E-state index is 12.2. The lowest BCUT2D eigenvalue weighted by atomic mass is 10.0. The van der Waals surface area contributed by atoms with Crippen molar-refractivity contribution in [2.75, 3.05) is 21.3 Å². The van der Waals surface area contributed by atoms with E-state index in [1.165, 1.54) is 13.2 Å². The molecule has 33 heavy (non-hydrogen) atoms. The summed E-state index contributed by atoms with van der Waals surface area (Å²) < 4.78 is 21.2. The second-order valence-electron chi connectivity index (χ2n) is 6.84. The molecule has 6 nitrogen and oxygen atoms in total. The van der Waals surface area contributed by atoms with Gasteiger partial charge in [0, 0.05) is 6.08 Å². The number of esters is 1. The number of hydrogen-bond donors (Lipinski definition) is 0. The van der Waals surface area contributed by atoms with Gasteiger partial charge in [-0.05, 0) is 71.3 Å². The summed E-state index contributed by atoms with van der Waals surface area (Å²) in [4.78, 5) is 12.2. The molecular weight excluding hydrogens is 418 g/mol. The van der Waals surface area contributed by atoms with Gasteiger partial charge in [-0.15, -0.1) is 0 Å². The van der Waals surface area contributed by atoms with Crippen LogP contribution in [0.5, 0.6) is 23.0 Å². The van der Waals surface area contributed by atoms with Gasteiger partial charge < -0.3 is 18.9 Å². The Labute approximate surface area is 192 Å². The van der Waals surface area contributed by atoms with E-state index in [0.29, 0.717) is 39.7 Å². The highest BCUT2D eigenvalue weighted by molar-refractivity contribution is 5.91. The Morgan fingerprint density at radius 2 is 1.52 bits per heavy atom. The van der Waals surface area contributed by atoms with Crippen LogP contribution >= 0.6 is 0 Å². The van der Waals surface area contributed by atoms with Gasteiger partial charge in [-0.3, -0.25) is 0 Å². The zero-order valence-electron chi connectivity index (χ0n) is 18.6. The molecule has 0 aliphatic rings. The van der Waals surface area contributed by atoms with E-state index in [2.05, 4.69) is 6.07 Å². The Bertz CT molecular complexity index is 1240. The van der Waals surface area contributed by atoms with Gasteiger partial charge in [0.2, 0.25) is 0 Å². The molecule has 0 radical (unpaired) electrons. The summed E-state index contributed by atoms with van der Waals surface area (Å²) in [6, 6.07) is 21.7. The van der Waals surface area contributed by atoms with Gasteiger partial charge in [0.1, 0.15) is 11.5 Å². The molecule has 0 atom stereocenters. The lowest BCUT2D eigenvalue weighted by Crippen LogP contribution is -2.03. The van der Waals surface area contributed by atoms with Gasteiger partial charge in [-0.25, -0.2) is 4.79 Å². The van der Waals surface area contributed by atoms with Crippen LogP contribution in [0.2, 0.25) is 0 Å². The zero-order chi connectivity index (χ0) is 23.6. The molecule has 3 aromatic rings. The average molecular weight is 441 g/mol. The van der Waals surface area contributed by atoms with Crippen molar-refractivity contribution < 1.29 is 23.7 Å². The molecule has 6 heteroatoms. The van der Waals surface area contributed by atoms with E-state index in [4.69, 9.17) is 18.9 Å². The first-order valence-corrected chi connectivity index (χ1v) is 10.0. The fourth-order valence-corrected chi connectivity index (χ4v) is 3.08. The van der Waals surface area contributed by atoms with Gasteiger partial charge in [0.15, 0.2) is 11.5 Å². The lowest BCUT2D eigenvalue weighted by molar-refractivity contribution is -0.128. The monoisotopic (exact) mass is 441 g/mol. The van der Waals surface area contributed by atoms with E-state index in [-0.39, 0.29) is 0 Å². The average Bonchev–Trinajstić information content (AvgIpc) is 2.86. The van der Waals surface area contributed by atoms with Crippen molar-refractivity contribution in [2.45, 2.75) is 0 Å². The second kappa shape index (κ2) is 11.2. The number of ether oxygens (including phenoxy) is 4. The second-order valence-corrected chi connectivity index (χ2v) is 6.84. The Hall–Kier alpha value is -4.50. The van der Waals surface area contributed by atoms with E-state index in [9.17, 15) is 10.1 Å². The van der Waals surface area contributed by atoms with Gasteiger partial charge >= 0.3 is 5.97 Å². The van der Waals surface area contributed by atoms with Crippen LogP contribution in [0.25, 0.3) is 17.7 Å². The quantitative estimate of drug-likeness (QED) is 0.153. The van der Waals surface area contributed by atoms with Crippen LogP contribution in [-0.4, -0.2) is 27.3 Å². The highest BCUT2D eigenvalue weighted by Gasteiger charge is 2.09. The third-order valence-corrected chi connectivity index (χ3v) is 4.71. The highest BCUT2D eigenvalue weighted by atomic mass is 16.5. The van der Waals surface area contributed by atoms with Crippen LogP contribution < -0.4 is 18.9 Å². The molecule has 3 aromatic carbocycles. The number of rotatable bonds is 8. The fraction of sp³-hybridized carbons (Fsp3) is 0.111. The van der Waals surface area contributed by atoms with Crippen LogP contribution in [-0.2, 0) is 4.79 Å². The van der Waals surface area contributed by atoms with Crippen molar-refractivity contribution >= 4 is 23.7 Å². The summed E-state index contributed by atoms with van der Waals surface area (Å²) >= 11 is 0. The predicted octanol–water partition coefficient (Wildman–Crippen LogP) is 5.40. The number of nitriles is 1. The molecule has 0 aliphatic carbocycles. The summed E-state index contributed by atoms with van der Waals surface area (Å²) in [6.07, 6.45) is 4.71. The number of methoxy groups -OCH3 is 3. The molecule has 0 saturated heterocycles. The van der Waals surface area contributed by atoms with Gasteiger partial charge in [0.25, 0.3) is 0 Å². The number of carbonyl (C=O) groups excluding carboxylic acids is 1. The zero-order valence-corrected chi connectivity index (χ0v) is 18.6. The third-order valence-electron chi connectivity index (χ3n) is 4.71. The number of carbonyl (C=O) groups is 1. The largest absolute Gasteiger partial charge is 0.497 e. The molecule has 0 unspecified atom stereocenters. The summed E-state index contributed by atoms with van der Waals surface area (Å²) in [7, 11) is 4.68. The molecular formula is C27H23NO5. The van der Waals surface area contributed by atoms with E-state index < -0.39 is 5.97 Å². The number of benzene rings is 3. The number of hydrogen-bond acceptors (Lipinski definition) is 6. The van der Waals surface area contributed by atoms with Crippen LogP contribution in [0.3, 0.4) is 0 Å². The Morgan fingerprint density at radius 3 is 2.21 bits per heavy atom. The van der Waals surface area contributed by atoms with Crippen LogP contribution in [0.15, 0.2) is 72.8 Å². The van der Waals surface area contributed by atoms with Crippen molar-refractivity contribution in [1.29, 1.82) is 5.26 Å². The van der Waals surface area contributed by atoms with Crippen molar-refractivity contribution in [1.82, 2.24) is 0 Å².